The summed E-state index contributed by atoms with van der Waals surface area (Å²) in [6, 6.07) is 19.4. The van der Waals surface area contributed by atoms with Crippen LogP contribution in [0.4, 0.5) is 10.5 Å². The number of hydrogen-bond donors (Lipinski definition) is 1. The van der Waals surface area contributed by atoms with Crippen LogP contribution in [0.2, 0.25) is 10.0 Å². The third-order valence-electron chi connectivity index (χ3n) is 6.00. The molecule has 0 spiro atoms. The molecule has 0 aliphatic carbocycles. The minimum Gasteiger partial charge on any atom is -0.342 e. The number of imide groups is 2. The fourth-order valence-electron chi connectivity index (χ4n) is 4.20. The van der Waals surface area contributed by atoms with Crippen molar-refractivity contribution in [2.45, 2.75) is 13.5 Å². The van der Waals surface area contributed by atoms with Crippen molar-refractivity contribution < 1.29 is 14.4 Å². The van der Waals surface area contributed by atoms with E-state index in [1.165, 1.54) is 6.08 Å². The predicted octanol–water partition coefficient (Wildman–Crippen LogP) is 5.97. The first kappa shape index (κ1) is 22.9. The van der Waals surface area contributed by atoms with Crippen molar-refractivity contribution in [1.29, 1.82) is 0 Å². The van der Waals surface area contributed by atoms with Crippen LogP contribution in [-0.4, -0.2) is 22.4 Å². The maximum atomic E-state index is 13.4. The molecule has 1 aliphatic heterocycles. The average Bonchev–Trinajstić information content (AvgIpc) is 3.18. The van der Waals surface area contributed by atoms with Crippen molar-refractivity contribution >= 4 is 63.7 Å². The molecular weight excluding hydrogens is 485 g/mol. The zero-order valence-electron chi connectivity index (χ0n) is 18.6. The lowest BCUT2D eigenvalue weighted by Gasteiger charge is -2.27. The number of nitrogens with zero attached hydrogens (tertiary/aromatic N) is 2. The molecule has 2 heterocycles. The summed E-state index contributed by atoms with van der Waals surface area (Å²) in [6.45, 7) is 2.22. The van der Waals surface area contributed by atoms with Crippen LogP contribution in [0.5, 0.6) is 0 Å². The highest BCUT2D eigenvalue weighted by atomic mass is 35.5. The van der Waals surface area contributed by atoms with Gasteiger partial charge in [0, 0.05) is 39.3 Å². The van der Waals surface area contributed by atoms with Crippen LogP contribution in [0.25, 0.3) is 17.0 Å². The number of hydrogen-bond acceptors (Lipinski definition) is 3. The number of anilines is 1. The Bertz CT molecular complexity index is 1550. The first-order valence-corrected chi connectivity index (χ1v) is 11.6. The van der Waals surface area contributed by atoms with Crippen LogP contribution >= 0.6 is 23.2 Å². The van der Waals surface area contributed by atoms with E-state index < -0.39 is 17.8 Å². The number of fused-ring (bicyclic) bond motifs is 1. The van der Waals surface area contributed by atoms with Crippen molar-refractivity contribution in [3.05, 3.63) is 105 Å². The molecule has 3 aromatic carbocycles. The van der Waals surface area contributed by atoms with Crippen molar-refractivity contribution in [3.63, 3.8) is 0 Å². The Balaban J connectivity index is 1.59. The first-order chi connectivity index (χ1) is 16.8. The Morgan fingerprint density at radius 3 is 2.40 bits per heavy atom. The van der Waals surface area contributed by atoms with Gasteiger partial charge in [0.05, 0.1) is 5.69 Å². The second kappa shape index (κ2) is 9.06. The number of carbonyl (C=O) groups excluding carboxylic acids is 3. The molecule has 1 aliphatic rings. The minimum absolute atomic E-state index is 0.148. The van der Waals surface area contributed by atoms with Crippen molar-refractivity contribution in [2.24, 2.45) is 0 Å². The van der Waals surface area contributed by atoms with Gasteiger partial charge in [-0.15, -0.1) is 0 Å². The molecule has 6 nitrogen and oxygen atoms in total. The maximum Gasteiger partial charge on any atom is 0.335 e. The monoisotopic (exact) mass is 503 g/mol. The minimum atomic E-state index is -0.816. The van der Waals surface area contributed by atoms with E-state index in [1.54, 1.807) is 25.1 Å². The lowest BCUT2D eigenvalue weighted by Crippen LogP contribution is -2.54. The largest absolute Gasteiger partial charge is 0.342 e. The van der Waals surface area contributed by atoms with Crippen molar-refractivity contribution in [2.75, 3.05) is 4.90 Å². The zero-order chi connectivity index (χ0) is 24.7. The Hall–Kier alpha value is -3.87. The number of benzene rings is 3. The van der Waals surface area contributed by atoms with Crippen LogP contribution in [-0.2, 0) is 16.1 Å². The van der Waals surface area contributed by atoms with Crippen LogP contribution < -0.4 is 10.2 Å². The van der Waals surface area contributed by atoms with Gasteiger partial charge in [0.25, 0.3) is 11.8 Å². The number of rotatable bonds is 4. The lowest BCUT2D eigenvalue weighted by molar-refractivity contribution is -0.122. The summed E-state index contributed by atoms with van der Waals surface area (Å²) >= 11 is 12.6. The highest BCUT2D eigenvalue weighted by molar-refractivity contribution is 6.40. The van der Waals surface area contributed by atoms with Gasteiger partial charge >= 0.3 is 6.03 Å². The fraction of sp³-hybridized carbons (Fsp3) is 0.0741. The van der Waals surface area contributed by atoms with Crippen LogP contribution in [0.1, 0.15) is 16.7 Å². The average molecular weight is 504 g/mol. The zero-order valence-corrected chi connectivity index (χ0v) is 20.1. The Labute approximate surface area is 211 Å². The number of carbonyl (C=O) groups is 3. The number of barbiturate groups is 1. The van der Waals surface area contributed by atoms with Crippen molar-refractivity contribution in [1.82, 2.24) is 9.88 Å². The molecular formula is C27H19Cl2N3O3. The highest BCUT2D eigenvalue weighted by Gasteiger charge is 2.37. The first-order valence-electron chi connectivity index (χ1n) is 10.8. The molecule has 174 valence electrons. The third-order valence-corrected chi connectivity index (χ3v) is 6.78. The van der Waals surface area contributed by atoms with E-state index in [0.29, 0.717) is 33.4 Å². The summed E-state index contributed by atoms with van der Waals surface area (Å²) < 4.78 is 2.01. The molecule has 1 aromatic heterocycles. The van der Waals surface area contributed by atoms with E-state index >= 15 is 0 Å². The SMILES string of the molecule is Cc1c(Cl)cccc1N1C(=O)NC(=O)/C(=C\c2cn(Cc3ccccc3Cl)c3ccccc23)C1=O. The van der Waals surface area contributed by atoms with Gasteiger partial charge < -0.3 is 4.57 Å². The van der Waals surface area contributed by atoms with E-state index in [0.717, 1.165) is 21.4 Å². The quantitative estimate of drug-likeness (QED) is 0.275. The topological polar surface area (TPSA) is 71.4 Å². The molecule has 0 atom stereocenters. The maximum absolute atomic E-state index is 13.4. The highest BCUT2D eigenvalue weighted by Crippen LogP contribution is 2.31. The van der Waals surface area contributed by atoms with E-state index in [1.807, 2.05) is 59.3 Å². The summed E-state index contributed by atoms with van der Waals surface area (Å²) in [4.78, 5) is 39.7. The smallest absolute Gasteiger partial charge is 0.335 e. The van der Waals surface area contributed by atoms with Gasteiger partial charge in [-0.25, -0.2) is 9.69 Å². The van der Waals surface area contributed by atoms with E-state index in [-0.39, 0.29) is 5.57 Å². The molecule has 5 rings (SSSR count). The molecule has 0 radical (unpaired) electrons. The molecule has 35 heavy (non-hydrogen) atoms. The number of halogens is 2. The van der Waals surface area contributed by atoms with Gasteiger partial charge in [-0.1, -0.05) is 65.7 Å². The number of urea groups is 1. The summed E-state index contributed by atoms with van der Waals surface area (Å²) in [7, 11) is 0. The normalized spacial score (nSPS) is 15.2. The summed E-state index contributed by atoms with van der Waals surface area (Å²) in [6.07, 6.45) is 3.38. The number of amides is 4. The molecule has 1 N–H and O–H groups in total. The van der Waals surface area contributed by atoms with E-state index in [9.17, 15) is 14.4 Å². The summed E-state index contributed by atoms with van der Waals surface area (Å²) in [5.41, 5.74) is 3.26. The molecule has 8 heteroatoms. The number of aromatic nitrogens is 1. The number of para-hydroxylation sites is 1. The van der Waals surface area contributed by atoms with E-state index in [2.05, 4.69) is 5.32 Å². The van der Waals surface area contributed by atoms with Crippen LogP contribution in [0.3, 0.4) is 0 Å². The third kappa shape index (κ3) is 4.11. The van der Waals surface area contributed by atoms with Crippen LogP contribution in [0.15, 0.2) is 78.5 Å². The molecule has 0 saturated carbocycles. The van der Waals surface area contributed by atoms with Gasteiger partial charge in [0.15, 0.2) is 0 Å². The second-order valence-corrected chi connectivity index (χ2v) is 8.98. The van der Waals surface area contributed by atoms with Gasteiger partial charge in [-0.2, -0.15) is 0 Å². The second-order valence-electron chi connectivity index (χ2n) is 8.16. The molecule has 1 fully saturated rings. The Kier molecular flexibility index (Phi) is 5.93. The lowest BCUT2D eigenvalue weighted by atomic mass is 10.1. The predicted molar refractivity (Wildman–Crippen MR) is 138 cm³/mol. The molecule has 0 bridgehead atoms. The Morgan fingerprint density at radius 1 is 0.886 bits per heavy atom. The molecule has 0 unspecified atom stereocenters. The Morgan fingerprint density at radius 2 is 1.60 bits per heavy atom. The van der Waals surface area contributed by atoms with Gasteiger partial charge in [0.2, 0.25) is 0 Å². The van der Waals surface area contributed by atoms with Crippen molar-refractivity contribution in [3.8, 4) is 0 Å². The number of nitrogens with one attached hydrogen (secondary N) is 1. The molecule has 4 amide bonds. The summed E-state index contributed by atoms with van der Waals surface area (Å²) in [5, 5.41) is 4.19. The van der Waals surface area contributed by atoms with Gasteiger partial charge in [-0.3, -0.25) is 14.9 Å². The summed E-state index contributed by atoms with van der Waals surface area (Å²) in [5.74, 6) is -1.47. The molecule has 1 saturated heterocycles. The van der Waals surface area contributed by atoms with Gasteiger partial charge in [-0.05, 0) is 48.4 Å². The standard InChI is InChI=1S/C27H19Cl2N3O3/c1-16-21(28)10-6-12-23(16)32-26(34)20(25(33)30-27(32)35)13-18-15-31(24-11-5-3-8-19(18)24)14-17-7-2-4-9-22(17)29/h2-13,15H,14H2,1H3,(H,30,33,35)/b20-13+. The fourth-order valence-corrected chi connectivity index (χ4v) is 4.57. The van der Waals surface area contributed by atoms with Gasteiger partial charge in [0.1, 0.15) is 5.57 Å². The van der Waals surface area contributed by atoms with E-state index in [4.69, 9.17) is 23.2 Å². The molecule has 4 aromatic rings. The van der Waals surface area contributed by atoms with Crippen LogP contribution in [0, 0.1) is 6.92 Å².